The van der Waals surface area contributed by atoms with E-state index in [1.807, 2.05) is 104 Å². The second-order valence-electron chi connectivity index (χ2n) is 57.2. The molecular weight excluding hydrogens is 1810 g/mol. The third kappa shape index (κ3) is 23.2. The zero-order valence-corrected chi connectivity index (χ0v) is 92.5. The van der Waals surface area contributed by atoms with Crippen LogP contribution in [-0.4, -0.2) is 165 Å². The molecule has 23 nitrogen and oxygen atoms in total. The third-order valence-electron chi connectivity index (χ3n) is 42.4. The van der Waals surface area contributed by atoms with Gasteiger partial charge in [-0.15, -0.1) is 0 Å². The molecule has 2 N–H and O–H groups in total. The van der Waals surface area contributed by atoms with Crippen molar-refractivity contribution in [2.75, 3.05) is 6.61 Å². The van der Waals surface area contributed by atoms with Gasteiger partial charge < -0.3 is 67.1 Å². The van der Waals surface area contributed by atoms with Crippen molar-refractivity contribution in [1.29, 1.82) is 0 Å². The van der Waals surface area contributed by atoms with E-state index in [-0.39, 0.29) is 138 Å². The molecule has 22 rings (SSSR count). The fraction of sp³-hybridized carbons (Fsp3) is 0.925. The Balaban J connectivity index is 0.000000159. The minimum atomic E-state index is -0.687. The molecule has 22 fully saturated rings. The van der Waals surface area contributed by atoms with Crippen LogP contribution in [0.15, 0.2) is 0 Å². The highest BCUT2D eigenvalue weighted by Gasteiger charge is 2.71. The van der Waals surface area contributed by atoms with Gasteiger partial charge in [-0.2, -0.15) is 0 Å². The molecule has 14 aliphatic carbocycles. The number of esters is 9. The lowest BCUT2D eigenvalue weighted by molar-refractivity contribution is -0.228. The summed E-state index contributed by atoms with van der Waals surface area (Å²) in [5.74, 6) is 6.78. The van der Waals surface area contributed by atoms with Crippen molar-refractivity contribution < 1.29 is 110 Å². The number of hydrogen-bond donors (Lipinski definition) is 2. The molecule has 0 aromatic heterocycles. The average Bonchev–Trinajstić information content (AvgIpc) is 1.51. The normalized spacial score (nSPS) is 37.7. The highest BCUT2D eigenvalue weighted by molar-refractivity contribution is 5.84. The summed E-state index contributed by atoms with van der Waals surface area (Å²) in [6, 6.07) is 0. The molecule has 23 unspecified atom stereocenters. The lowest BCUT2D eigenvalue weighted by atomic mass is 9.52. The van der Waals surface area contributed by atoms with Crippen LogP contribution in [-0.2, 0) is 100.0 Å². The highest BCUT2D eigenvalue weighted by Crippen LogP contribution is 2.72. The number of cyclic esters (lactones) is 1. The first kappa shape index (κ1) is 118. The molecule has 8 saturated heterocycles. The van der Waals surface area contributed by atoms with Gasteiger partial charge in [0.15, 0.2) is 12.2 Å². The van der Waals surface area contributed by atoms with Gasteiger partial charge in [0.1, 0.15) is 34.1 Å². The Bertz CT molecular complexity index is 4450. The number of hydrogen-bond acceptors (Lipinski definition) is 23. The Labute approximate surface area is 864 Å². The van der Waals surface area contributed by atoms with Crippen molar-refractivity contribution in [3.63, 3.8) is 0 Å². The molecule has 0 amide bonds. The molecule has 8 heterocycles. The van der Waals surface area contributed by atoms with E-state index < -0.39 is 73.6 Å². The van der Waals surface area contributed by atoms with Gasteiger partial charge in [-0.05, 0) is 390 Å². The summed E-state index contributed by atoms with van der Waals surface area (Å²) in [7, 11) is 0. The summed E-state index contributed by atoms with van der Waals surface area (Å²) in [6.07, 6.45) is 37.8. The van der Waals surface area contributed by atoms with Gasteiger partial charge in [0, 0.05) is 37.0 Å². The van der Waals surface area contributed by atoms with E-state index in [1.54, 1.807) is 13.8 Å². The van der Waals surface area contributed by atoms with Crippen LogP contribution in [0.1, 0.15) is 468 Å². The van der Waals surface area contributed by atoms with Gasteiger partial charge >= 0.3 is 53.7 Å². The lowest BCUT2D eigenvalue weighted by Gasteiger charge is -2.59. The maximum atomic E-state index is 13.1. The average molecular weight is 2010 g/mol. The number of carbonyl (C=O) groups excluding carboxylic acids is 9. The molecule has 820 valence electrons. The maximum Gasteiger partial charge on any atom is 0.347 e. The first-order chi connectivity index (χ1) is 64.5. The summed E-state index contributed by atoms with van der Waals surface area (Å²) < 4.78 is 69.6. The Hall–Kier alpha value is -4.97. The summed E-state index contributed by atoms with van der Waals surface area (Å²) in [5.41, 5.74) is -6.37. The van der Waals surface area contributed by atoms with Crippen molar-refractivity contribution in [3.05, 3.63) is 0 Å². The minimum Gasteiger partial charge on any atom is -0.463 e. The fourth-order valence-corrected chi connectivity index (χ4v) is 29.0. The lowest BCUT2D eigenvalue weighted by Crippen LogP contribution is -2.61. The van der Waals surface area contributed by atoms with Crippen LogP contribution in [0.4, 0.5) is 0 Å². The molecule has 0 aromatic rings. The Morgan fingerprint density at radius 3 is 1.12 bits per heavy atom. The van der Waals surface area contributed by atoms with Gasteiger partial charge in [0.25, 0.3) is 0 Å². The quantitative estimate of drug-likeness (QED) is 0.0650. The summed E-state index contributed by atoms with van der Waals surface area (Å²) in [6.45, 7) is 61.1. The Morgan fingerprint density at radius 1 is 0.357 bits per heavy atom. The second-order valence-corrected chi connectivity index (χ2v) is 57.2. The number of ether oxygens (including phenoxy) is 12. The predicted octanol–water partition coefficient (Wildman–Crippen LogP) is 25.4. The largest absolute Gasteiger partial charge is 0.463 e. The van der Waals surface area contributed by atoms with Crippen molar-refractivity contribution in [2.24, 2.45) is 136 Å². The van der Waals surface area contributed by atoms with Crippen molar-refractivity contribution in [2.45, 2.75) is 562 Å². The number of carbonyl (C=O) groups is 9. The predicted molar refractivity (Wildman–Crippen MR) is 554 cm³/mol. The molecule has 23 heteroatoms. The van der Waals surface area contributed by atoms with E-state index in [0.717, 1.165) is 158 Å². The molecule has 0 aromatic carbocycles. The van der Waals surface area contributed by atoms with Crippen molar-refractivity contribution >= 4 is 53.7 Å². The van der Waals surface area contributed by atoms with Gasteiger partial charge in [-0.3, -0.25) is 38.4 Å². The van der Waals surface area contributed by atoms with E-state index in [1.165, 1.54) is 77.0 Å². The van der Waals surface area contributed by atoms with Crippen LogP contribution in [0.25, 0.3) is 0 Å². The maximum absolute atomic E-state index is 13.1. The summed E-state index contributed by atoms with van der Waals surface area (Å²) >= 11 is 0. The van der Waals surface area contributed by atoms with E-state index in [0.29, 0.717) is 105 Å². The summed E-state index contributed by atoms with van der Waals surface area (Å²) in [5, 5.41) is 21.4. The molecular formula is C120H202O23. The first-order valence-electron chi connectivity index (χ1n) is 55.9. The van der Waals surface area contributed by atoms with Crippen LogP contribution >= 0.6 is 0 Å². The van der Waals surface area contributed by atoms with E-state index in [9.17, 15) is 53.4 Å². The zero-order valence-electron chi connectivity index (χ0n) is 92.5. The molecule has 14 saturated carbocycles. The molecule has 0 spiro atoms. The van der Waals surface area contributed by atoms with Gasteiger partial charge in [-0.1, -0.05) is 133 Å². The molecule has 23 atom stereocenters. The Kier molecular flexibility index (Phi) is 34.6. The third-order valence-corrected chi connectivity index (χ3v) is 42.4. The van der Waals surface area contributed by atoms with Crippen LogP contribution in [0, 0.1) is 136 Å². The standard InChI is InChI=1S/C22H36O2.C19H32O3.C18H30O3.C17H28O3.C16H26O3.C15H22O5.C10H16O4.3CH4/c1-7-22(24-19(23)21(5,6)20(2,3)4)12-15-11-16(22)18-14-9-8-13(10-14)17(15)18;1-17(2,3)18(4,5)16(20)22-19(10-6-7-11-19)14-12-13-8-9-15(14)21-13;1-15(2,3)16(4,5)14(19)21-18-9-12-6-13(10-18)8-17(20,7-12)11-18;1-4-16(2,3)15(18)20-17(9-5-6-10-17)13-11-12-7-8-14(13)19-12;1-4-14(2,3)13(17)19-16-8-11-5-12(9-16)7-15(18,6-11)10-16;1-14(2,3)15(4,5)13(17)20-10-8-6-7-9(18-8)11(10)19-12(7)16;1-4-10(2,3)9(12)14-7-5-6-13-8(7)11;;;/h13-18H,7-12H2,1-6H3;13-15H,6-12H2,1-5H3;12-13,20H,6-11H2,1-5H3;12-14H,4-11H2,1-3H3;11-12,18H,4-10H2,1-3H3;7-11H,6H2,1-5H3;7H,4-6H2,1-3H3;3*1H4. The molecule has 18 bridgehead atoms. The van der Waals surface area contributed by atoms with E-state index in [4.69, 9.17) is 56.8 Å². The fourth-order valence-electron chi connectivity index (χ4n) is 29.0. The number of fused-ring (bicyclic) bond motifs is 14. The topological polar surface area (TPSA) is 305 Å². The first-order valence-corrected chi connectivity index (χ1v) is 55.9. The van der Waals surface area contributed by atoms with Crippen molar-refractivity contribution in [1.82, 2.24) is 0 Å². The van der Waals surface area contributed by atoms with Gasteiger partial charge in [-0.25, -0.2) is 4.79 Å². The van der Waals surface area contributed by atoms with E-state index >= 15 is 0 Å². The van der Waals surface area contributed by atoms with Gasteiger partial charge in [0.2, 0.25) is 6.10 Å². The molecule has 8 aliphatic heterocycles. The second kappa shape index (κ2) is 41.9. The molecule has 143 heavy (non-hydrogen) atoms. The highest BCUT2D eigenvalue weighted by atomic mass is 16.7. The zero-order chi connectivity index (χ0) is 103. The Morgan fingerprint density at radius 2 is 0.741 bits per heavy atom. The SMILES string of the molecule is C.C.C.CC(C)(C)C(C)(C)C(=O)OC1(C2CC3CCC2O3)CCCC1.CC(C)(C)C(C)(C)C(=O)OC12CC3CC(CC(O)(C3)C1)C2.CC(C)(C)C(C)(C)C(=O)OC1C2CC3C(=O)OC1C3O2.CCC(C)(C)C(=O)OC1(C2CC3CCC2O3)CCCC1.CCC(C)(C)C(=O)OC12CC3CC(CC(O)(C3)C1)C2.CCC(C)(C)C(=O)OC1CCOC1=O.CCC1(OC(=O)C(C)(C)C(C)(C)C)CC2CC1C1C3CCC(C3)C21. The van der Waals surface area contributed by atoms with Crippen molar-refractivity contribution in [3.8, 4) is 0 Å². The smallest absolute Gasteiger partial charge is 0.347 e. The van der Waals surface area contributed by atoms with E-state index in [2.05, 4.69) is 90.0 Å². The van der Waals surface area contributed by atoms with Crippen LogP contribution in [0.5, 0.6) is 0 Å². The van der Waals surface area contributed by atoms with Crippen LogP contribution in [0.3, 0.4) is 0 Å². The minimum absolute atomic E-state index is 0. The van der Waals surface area contributed by atoms with Gasteiger partial charge in [0.05, 0.1) is 92.2 Å². The van der Waals surface area contributed by atoms with Crippen LogP contribution < -0.4 is 0 Å². The monoisotopic (exact) mass is 2010 g/mol. The summed E-state index contributed by atoms with van der Waals surface area (Å²) in [4.78, 5) is 111. The number of rotatable bonds is 20. The molecule has 0 radical (unpaired) electrons. The number of aliphatic hydroxyl groups is 2. The van der Waals surface area contributed by atoms with Crippen LogP contribution in [0.2, 0.25) is 0 Å². The molecule has 22 aliphatic rings.